The van der Waals surface area contributed by atoms with Crippen molar-refractivity contribution in [2.45, 2.75) is 57.2 Å². The van der Waals surface area contributed by atoms with Crippen molar-refractivity contribution in [2.24, 2.45) is 0 Å². The lowest BCUT2D eigenvalue weighted by atomic mass is 9.96. The van der Waals surface area contributed by atoms with Crippen molar-refractivity contribution >= 4 is 21.6 Å². The summed E-state index contributed by atoms with van der Waals surface area (Å²) in [5, 5.41) is 3.72. The van der Waals surface area contributed by atoms with E-state index in [0.717, 1.165) is 18.1 Å². The minimum absolute atomic E-state index is 0.737. The molecule has 3 heteroatoms. The largest absolute Gasteiger partial charge is 0.365 e. The van der Waals surface area contributed by atoms with E-state index in [1.165, 1.54) is 48.8 Å². The van der Waals surface area contributed by atoms with Crippen LogP contribution in [0.4, 0.5) is 5.69 Å². The van der Waals surface area contributed by atoms with E-state index >= 15 is 0 Å². The molecule has 0 amide bonds. The Morgan fingerprint density at radius 1 is 1.26 bits per heavy atom. The van der Waals surface area contributed by atoms with Crippen molar-refractivity contribution < 1.29 is 0 Å². The molecule has 0 spiro atoms. The van der Waals surface area contributed by atoms with Gasteiger partial charge in [0.05, 0.1) is 0 Å². The number of hydrogen-bond donors (Lipinski definition) is 1. The number of anilines is 1. The van der Waals surface area contributed by atoms with Crippen LogP contribution in [-0.4, -0.2) is 24.7 Å². The van der Waals surface area contributed by atoms with Crippen molar-refractivity contribution in [1.29, 1.82) is 0 Å². The molecule has 2 unspecified atom stereocenters. The van der Waals surface area contributed by atoms with Crippen LogP contribution in [0.5, 0.6) is 0 Å². The smallest absolute Gasteiger partial charge is 0.0382 e. The summed E-state index contributed by atoms with van der Waals surface area (Å²) >= 11 is 3.60. The summed E-state index contributed by atoms with van der Waals surface area (Å²) in [6, 6.07) is 11.0. The van der Waals surface area contributed by atoms with Crippen molar-refractivity contribution in [2.75, 3.05) is 11.4 Å². The Morgan fingerprint density at radius 3 is 2.63 bits per heavy atom. The summed E-state index contributed by atoms with van der Waals surface area (Å²) in [5.74, 6) is 0. The monoisotopic (exact) mass is 322 g/mol. The highest BCUT2D eigenvalue weighted by molar-refractivity contribution is 9.10. The molecule has 2 heterocycles. The van der Waals surface area contributed by atoms with Crippen LogP contribution in [0.15, 0.2) is 28.7 Å². The summed E-state index contributed by atoms with van der Waals surface area (Å²) in [6.07, 6.45) is 6.58. The lowest BCUT2D eigenvalue weighted by Gasteiger charge is -2.41. The second-order valence-corrected chi connectivity index (χ2v) is 6.81. The maximum Gasteiger partial charge on any atom is 0.0382 e. The van der Waals surface area contributed by atoms with Crippen LogP contribution in [0, 0.1) is 0 Å². The molecule has 2 saturated heterocycles. The average Bonchev–Trinajstić information content (AvgIpc) is 2.68. The molecule has 0 saturated carbocycles. The average molecular weight is 323 g/mol. The standard InChI is InChI=1S/C16H23BrN2/c1-2-8-18-13-10-15-6-7-16(11-13)19(15)14-5-3-4-12(17)9-14/h3-5,9,13,15-16,18H,2,6-8,10-11H2,1H3. The number of hydrogen-bond acceptors (Lipinski definition) is 2. The van der Waals surface area contributed by atoms with Gasteiger partial charge in [0.2, 0.25) is 0 Å². The lowest BCUT2D eigenvalue weighted by molar-refractivity contribution is 0.357. The van der Waals surface area contributed by atoms with E-state index in [-0.39, 0.29) is 0 Å². The molecule has 19 heavy (non-hydrogen) atoms. The quantitative estimate of drug-likeness (QED) is 0.903. The van der Waals surface area contributed by atoms with E-state index < -0.39 is 0 Å². The maximum atomic E-state index is 3.72. The van der Waals surface area contributed by atoms with Crippen LogP contribution >= 0.6 is 15.9 Å². The molecule has 2 atom stereocenters. The Kier molecular flexibility index (Phi) is 4.13. The highest BCUT2D eigenvalue weighted by atomic mass is 79.9. The van der Waals surface area contributed by atoms with Gasteiger partial charge in [-0.15, -0.1) is 0 Å². The maximum absolute atomic E-state index is 3.72. The van der Waals surface area contributed by atoms with Crippen molar-refractivity contribution in [3.8, 4) is 0 Å². The zero-order chi connectivity index (χ0) is 13.2. The van der Waals surface area contributed by atoms with Gasteiger partial charge in [0.25, 0.3) is 0 Å². The molecule has 3 rings (SSSR count). The molecule has 2 fully saturated rings. The summed E-state index contributed by atoms with van der Waals surface area (Å²) < 4.78 is 1.19. The summed E-state index contributed by atoms with van der Waals surface area (Å²) in [6.45, 7) is 3.42. The van der Waals surface area contributed by atoms with Crippen LogP contribution in [0.1, 0.15) is 39.0 Å². The van der Waals surface area contributed by atoms with Crippen LogP contribution in [0.3, 0.4) is 0 Å². The molecule has 2 nitrogen and oxygen atoms in total. The minimum Gasteiger partial charge on any atom is -0.365 e. The number of nitrogens with one attached hydrogen (secondary N) is 1. The van der Waals surface area contributed by atoms with Gasteiger partial charge in [-0.1, -0.05) is 28.9 Å². The Hall–Kier alpha value is -0.540. The third-order valence-corrected chi connectivity index (χ3v) is 5.02. The van der Waals surface area contributed by atoms with Gasteiger partial charge in [-0.25, -0.2) is 0 Å². The summed E-state index contributed by atoms with van der Waals surface area (Å²) in [5.41, 5.74) is 1.40. The number of fused-ring (bicyclic) bond motifs is 2. The predicted octanol–water partition coefficient (Wildman–Crippen LogP) is 3.95. The number of rotatable bonds is 4. The Morgan fingerprint density at radius 2 is 2.00 bits per heavy atom. The van der Waals surface area contributed by atoms with Crippen molar-refractivity contribution in [1.82, 2.24) is 5.32 Å². The normalized spacial score (nSPS) is 29.8. The van der Waals surface area contributed by atoms with E-state index in [1.54, 1.807) is 0 Å². The van der Waals surface area contributed by atoms with Gasteiger partial charge in [0, 0.05) is 28.3 Å². The summed E-state index contributed by atoms with van der Waals surface area (Å²) in [7, 11) is 0. The third kappa shape index (κ3) is 2.82. The second kappa shape index (κ2) is 5.84. The fraction of sp³-hybridized carbons (Fsp3) is 0.625. The molecule has 2 aliphatic heterocycles. The SMILES string of the molecule is CCCNC1CC2CCC(C1)N2c1cccc(Br)c1. The predicted molar refractivity (Wildman–Crippen MR) is 84.7 cm³/mol. The van der Waals surface area contributed by atoms with Gasteiger partial charge >= 0.3 is 0 Å². The molecular formula is C16H23BrN2. The first-order valence-corrected chi connectivity index (χ1v) is 8.34. The van der Waals surface area contributed by atoms with Gasteiger partial charge in [-0.3, -0.25) is 0 Å². The third-order valence-electron chi connectivity index (χ3n) is 4.52. The van der Waals surface area contributed by atoms with Gasteiger partial charge in [0.1, 0.15) is 0 Å². The number of halogens is 1. The zero-order valence-electron chi connectivity index (χ0n) is 11.6. The molecule has 104 valence electrons. The van der Waals surface area contributed by atoms with E-state index in [2.05, 4.69) is 57.3 Å². The minimum atomic E-state index is 0.737. The Balaban J connectivity index is 1.73. The highest BCUT2D eigenvalue weighted by Gasteiger charge is 2.40. The first-order chi connectivity index (χ1) is 9.28. The second-order valence-electron chi connectivity index (χ2n) is 5.89. The molecule has 2 bridgehead atoms. The molecule has 0 aromatic heterocycles. The molecule has 0 radical (unpaired) electrons. The number of piperidine rings is 1. The van der Waals surface area contributed by atoms with E-state index in [1.807, 2.05) is 0 Å². The van der Waals surface area contributed by atoms with Gasteiger partial charge in [-0.2, -0.15) is 0 Å². The van der Waals surface area contributed by atoms with Crippen LogP contribution in [0.25, 0.3) is 0 Å². The van der Waals surface area contributed by atoms with Crippen LogP contribution < -0.4 is 10.2 Å². The van der Waals surface area contributed by atoms with E-state index in [4.69, 9.17) is 0 Å². The molecule has 1 aromatic rings. The van der Waals surface area contributed by atoms with Crippen molar-refractivity contribution in [3.05, 3.63) is 28.7 Å². The van der Waals surface area contributed by atoms with E-state index in [9.17, 15) is 0 Å². The Labute approximate surface area is 124 Å². The fourth-order valence-corrected chi connectivity index (χ4v) is 4.14. The highest BCUT2D eigenvalue weighted by Crippen LogP contribution is 2.39. The fourth-order valence-electron chi connectivity index (χ4n) is 3.75. The first kappa shape index (κ1) is 13.4. The number of benzene rings is 1. The van der Waals surface area contributed by atoms with Crippen LogP contribution in [-0.2, 0) is 0 Å². The summed E-state index contributed by atoms with van der Waals surface area (Å²) in [4.78, 5) is 2.68. The Bertz CT molecular complexity index is 421. The molecular weight excluding hydrogens is 300 g/mol. The van der Waals surface area contributed by atoms with Gasteiger partial charge in [0.15, 0.2) is 0 Å². The van der Waals surface area contributed by atoms with Crippen LogP contribution in [0.2, 0.25) is 0 Å². The van der Waals surface area contributed by atoms with Crippen molar-refractivity contribution in [3.63, 3.8) is 0 Å². The molecule has 1 aromatic carbocycles. The molecule has 0 aliphatic carbocycles. The number of nitrogens with zero attached hydrogens (tertiary/aromatic N) is 1. The lowest BCUT2D eigenvalue weighted by Crippen LogP contribution is -2.49. The molecule has 1 N–H and O–H groups in total. The zero-order valence-corrected chi connectivity index (χ0v) is 13.2. The molecule has 2 aliphatic rings. The first-order valence-electron chi connectivity index (χ1n) is 7.55. The van der Waals surface area contributed by atoms with Gasteiger partial charge in [-0.05, 0) is 56.8 Å². The van der Waals surface area contributed by atoms with Gasteiger partial charge < -0.3 is 10.2 Å². The topological polar surface area (TPSA) is 15.3 Å². The van der Waals surface area contributed by atoms with E-state index in [0.29, 0.717) is 0 Å².